The molecule has 1 saturated heterocycles. The summed E-state index contributed by atoms with van der Waals surface area (Å²) < 4.78 is 5.87. The van der Waals surface area contributed by atoms with E-state index < -0.39 is 17.5 Å². The molecule has 36 heavy (non-hydrogen) atoms. The number of ether oxygens (including phenoxy) is 1. The standard InChI is InChI=1S/C27H30N4O5/c1-4-5-21(8-6-18(2)36-16-19-10-12-30(3)13-11-19)27(25(34)28-26(35)29-27)17-31-15-20-7-9-22(32)14-23(20)24(31)33/h4-12,14,32H,13,15-17H2,1-3H3,(H2,28,29,34,35)/b5-4-,18-6+,21-8+/t27-/m0/s1. The maximum absolute atomic E-state index is 13.1. The Morgan fingerprint density at radius 1 is 1.25 bits per heavy atom. The van der Waals surface area contributed by atoms with Crippen molar-refractivity contribution in [2.24, 2.45) is 0 Å². The van der Waals surface area contributed by atoms with Crippen LogP contribution >= 0.6 is 0 Å². The number of imide groups is 1. The number of nitrogens with zero attached hydrogens (tertiary/aromatic N) is 2. The largest absolute Gasteiger partial charge is 0.508 e. The first-order valence-corrected chi connectivity index (χ1v) is 11.7. The number of carbonyl (C=O) groups excluding carboxylic acids is 3. The molecule has 0 unspecified atom stereocenters. The Morgan fingerprint density at radius 3 is 2.72 bits per heavy atom. The van der Waals surface area contributed by atoms with Crippen molar-refractivity contribution in [3.05, 3.63) is 88.9 Å². The second kappa shape index (κ2) is 10.2. The predicted octanol–water partition coefficient (Wildman–Crippen LogP) is 2.73. The van der Waals surface area contributed by atoms with Crippen LogP contribution in [0.1, 0.15) is 29.8 Å². The monoisotopic (exact) mass is 490 g/mol. The Bertz CT molecular complexity index is 1240. The number of carbonyl (C=O) groups is 3. The number of rotatable bonds is 8. The summed E-state index contributed by atoms with van der Waals surface area (Å²) in [6, 6.07) is 3.99. The molecular formula is C27H30N4O5. The van der Waals surface area contributed by atoms with Gasteiger partial charge in [0.2, 0.25) is 0 Å². The van der Waals surface area contributed by atoms with Crippen molar-refractivity contribution in [3.63, 3.8) is 0 Å². The van der Waals surface area contributed by atoms with Gasteiger partial charge in [-0.2, -0.15) is 0 Å². The van der Waals surface area contributed by atoms with Gasteiger partial charge < -0.3 is 25.0 Å². The van der Waals surface area contributed by atoms with Gasteiger partial charge in [-0.1, -0.05) is 30.4 Å². The molecule has 3 heterocycles. The minimum atomic E-state index is -1.49. The Balaban J connectivity index is 1.58. The number of benzene rings is 1. The van der Waals surface area contributed by atoms with Gasteiger partial charge in [-0.25, -0.2) is 4.79 Å². The van der Waals surface area contributed by atoms with Gasteiger partial charge in [0.05, 0.1) is 12.3 Å². The molecule has 4 rings (SSSR count). The second-order valence-electron chi connectivity index (χ2n) is 9.04. The van der Waals surface area contributed by atoms with Crippen molar-refractivity contribution in [1.29, 1.82) is 0 Å². The lowest BCUT2D eigenvalue weighted by Gasteiger charge is -2.32. The maximum Gasteiger partial charge on any atom is 0.322 e. The molecule has 3 aliphatic rings. The summed E-state index contributed by atoms with van der Waals surface area (Å²) in [7, 11) is 2.00. The van der Waals surface area contributed by atoms with Gasteiger partial charge in [-0.15, -0.1) is 0 Å². The van der Waals surface area contributed by atoms with Gasteiger partial charge in [0, 0.05) is 25.7 Å². The fraction of sp³-hybridized carbons (Fsp3) is 0.296. The molecule has 9 nitrogen and oxygen atoms in total. The van der Waals surface area contributed by atoms with Crippen molar-refractivity contribution in [1.82, 2.24) is 20.4 Å². The van der Waals surface area contributed by atoms with Gasteiger partial charge in [0.1, 0.15) is 12.4 Å². The minimum Gasteiger partial charge on any atom is -0.508 e. The van der Waals surface area contributed by atoms with Crippen LogP contribution < -0.4 is 10.6 Å². The van der Waals surface area contributed by atoms with E-state index in [0.29, 0.717) is 23.5 Å². The normalized spacial score (nSPS) is 22.2. The van der Waals surface area contributed by atoms with Crippen molar-refractivity contribution in [2.75, 3.05) is 26.7 Å². The number of amides is 4. The zero-order valence-electron chi connectivity index (χ0n) is 20.6. The number of hydrogen-bond donors (Lipinski definition) is 3. The predicted molar refractivity (Wildman–Crippen MR) is 135 cm³/mol. The van der Waals surface area contributed by atoms with Crippen molar-refractivity contribution < 1.29 is 24.2 Å². The molecule has 0 bridgehead atoms. The van der Waals surface area contributed by atoms with Crippen LogP contribution in [0.5, 0.6) is 5.75 Å². The number of urea groups is 1. The van der Waals surface area contributed by atoms with E-state index in [1.165, 1.54) is 17.0 Å². The molecular weight excluding hydrogens is 460 g/mol. The highest BCUT2D eigenvalue weighted by molar-refractivity contribution is 6.10. The molecule has 188 valence electrons. The summed E-state index contributed by atoms with van der Waals surface area (Å²) >= 11 is 0. The third kappa shape index (κ3) is 5.05. The highest BCUT2D eigenvalue weighted by atomic mass is 16.5. The van der Waals surface area contributed by atoms with E-state index in [1.54, 1.807) is 30.4 Å². The Morgan fingerprint density at radius 2 is 2.06 bits per heavy atom. The molecule has 1 fully saturated rings. The molecule has 3 N–H and O–H groups in total. The number of phenols is 1. The fourth-order valence-corrected chi connectivity index (χ4v) is 4.35. The average molecular weight is 491 g/mol. The maximum atomic E-state index is 13.1. The number of fused-ring (bicyclic) bond motifs is 1. The topological polar surface area (TPSA) is 111 Å². The van der Waals surface area contributed by atoms with Gasteiger partial charge in [0.25, 0.3) is 11.8 Å². The third-order valence-corrected chi connectivity index (χ3v) is 6.33. The van der Waals surface area contributed by atoms with Crippen molar-refractivity contribution >= 4 is 17.8 Å². The van der Waals surface area contributed by atoms with E-state index in [1.807, 2.05) is 33.2 Å². The van der Waals surface area contributed by atoms with Gasteiger partial charge >= 0.3 is 6.03 Å². The average Bonchev–Trinajstić information content (AvgIpc) is 3.31. The van der Waals surface area contributed by atoms with Gasteiger partial charge in [0.15, 0.2) is 5.54 Å². The molecule has 1 atom stereocenters. The van der Waals surface area contributed by atoms with Gasteiger partial charge in [-0.05, 0) is 61.0 Å². The fourth-order valence-electron chi connectivity index (χ4n) is 4.35. The van der Waals surface area contributed by atoms with Crippen LogP contribution in [0.4, 0.5) is 4.79 Å². The first-order chi connectivity index (χ1) is 17.2. The molecule has 0 spiro atoms. The Kier molecular flexibility index (Phi) is 7.00. The molecule has 0 saturated carbocycles. The highest BCUT2D eigenvalue weighted by Gasteiger charge is 2.51. The summed E-state index contributed by atoms with van der Waals surface area (Å²) in [5.41, 5.74) is 1.21. The second-order valence-corrected chi connectivity index (χ2v) is 9.04. The van der Waals surface area contributed by atoms with Crippen LogP contribution in [-0.4, -0.2) is 65.0 Å². The van der Waals surface area contributed by atoms with Crippen LogP contribution in [0, 0.1) is 0 Å². The number of hydrogen-bond acceptors (Lipinski definition) is 6. The van der Waals surface area contributed by atoms with Gasteiger partial charge in [-0.3, -0.25) is 14.9 Å². The molecule has 1 aromatic rings. The SMILES string of the molecule is C\C=C/C(=C\C=C(/C)OCC1=CCN(C)C=C1)[C@]1(CN2Cc3ccc(O)cc3C2=O)NC(=O)NC1=O. The molecule has 0 radical (unpaired) electrons. The molecule has 1 aromatic carbocycles. The van der Waals surface area contributed by atoms with E-state index in [4.69, 9.17) is 4.74 Å². The lowest BCUT2D eigenvalue weighted by Crippen LogP contribution is -2.56. The number of likely N-dealkylation sites (N-methyl/N-ethyl adjacent to an activating group) is 1. The zero-order valence-corrected chi connectivity index (χ0v) is 20.6. The summed E-state index contributed by atoms with van der Waals surface area (Å²) in [5.74, 6) is -0.238. The molecule has 9 heteroatoms. The van der Waals surface area contributed by atoms with E-state index in [-0.39, 0.29) is 24.7 Å². The van der Waals surface area contributed by atoms with Crippen LogP contribution in [-0.2, 0) is 16.1 Å². The lowest BCUT2D eigenvalue weighted by atomic mass is 9.87. The van der Waals surface area contributed by atoms with E-state index in [2.05, 4.69) is 21.6 Å². The van der Waals surface area contributed by atoms with Crippen LogP contribution in [0.15, 0.2) is 77.8 Å². The highest BCUT2D eigenvalue weighted by Crippen LogP contribution is 2.31. The molecule has 4 amide bonds. The summed E-state index contributed by atoms with van der Waals surface area (Å²) in [5, 5.41) is 14.8. The van der Waals surface area contributed by atoms with Crippen LogP contribution in [0.3, 0.4) is 0 Å². The van der Waals surface area contributed by atoms with Crippen LogP contribution in [0.2, 0.25) is 0 Å². The molecule has 0 aromatic heterocycles. The van der Waals surface area contributed by atoms with Crippen molar-refractivity contribution in [2.45, 2.75) is 25.9 Å². The summed E-state index contributed by atoms with van der Waals surface area (Å²) in [6.45, 7) is 5.04. The third-order valence-electron chi connectivity index (χ3n) is 6.33. The van der Waals surface area contributed by atoms with Crippen molar-refractivity contribution in [3.8, 4) is 5.75 Å². The number of phenolic OH excluding ortho intramolecular Hbond substituents is 1. The molecule has 3 aliphatic heterocycles. The van der Waals surface area contributed by atoms with E-state index in [0.717, 1.165) is 17.7 Å². The van der Waals surface area contributed by atoms with Crippen LogP contribution in [0.25, 0.3) is 0 Å². The zero-order chi connectivity index (χ0) is 25.9. The lowest BCUT2D eigenvalue weighted by molar-refractivity contribution is -0.123. The minimum absolute atomic E-state index is 0.00723. The first kappa shape index (κ1) is 24.8. The Labute approximate surface area is 210 Å². The number of nitrogens with one attached hydrogen (secondary N) is 2. The molecule has 0 aliphatic carbocycles. The summed E-state index contributed by atoms with van der Waals surface area (Å²) in [4.78, 5) is 42.0. The number of allylic oxidation sites excluding steroid dienone is 4. The van der Waals surface area contributed by atoms with E-state index >= 15 is 0 Å². The first-order valence-electron chi connectivity index (χ1n) is 11.7. The smallest absolute Gasteiger partial charge is 0.322 e. The summed E-state index contributed by atoms with van der Waals surface area (Å²) in [6.07, 6.45) is 13.0. The number of aromatic hydroxyl groups is 1. The Hall–Kier alpha value is -4.27. The van der Waals surface area contributed by atoms with E-state index in [9.17, 15) is 19.5 Å². The quantitative estimate of drug-likeness (QED) is 0.294.